The lowest BCUT2D eigenvalue weighted by Crippen LogP contribution is -2.69. The van der Waals surface area contributed by atoms with Crippen LogP contribution in [0.2, 0.25) is 0 Å². The van der Waals surface area contributed by atoms with Crippen LogP contribution in [0.5, 0.6) is 11.5 Å². The average molecular weight is 553 g/mol. The smallest absolute Gasteiger partial charge is 0.326 e. The number of benzene rings is 3. The molecule has 0 spiro atoms. The molecule has 0 unspecified atom stereocenters. The van der Waals surface area contributed by atoms with Crippen LogP contribution >= 0.6 is 0 Å². The predicted octanol–water partition coefficient (Wildman–Crippen LogP) is 3.73. The van der Waals surface area contributed by atoms with Gasteiger partial charge in [-0.05, 0) is 48.2 Å². The van der Waals surface area contributed by atoms with E-state index in [1.165, 1.54) is 16.4 Å². The maximum Gasteiger partial charge on any atom is 0.326 e. The third-order valence-corrected chi connectivity index (χ3v) is 9.24. The van der Waals surface area contributed by atoms with Crippen molar-refractivity contribution >= 4 is 21.9 Å². The van der Waals surface area contributed by atoms with Crippen LogP contribution < -0.4 is 14.8 Å². The Morgan fingerprint density at radius 3 is 2.08 bits per heavy atom. The molecule has 0 aliphatic carbocycles. The molecule has 1 saturated heterocycles. The summed E-state index contributed by atoms with van der Waals surface area (Å²) < 4.78 is 38.7. The summed E-state index contributed by atoms with van der Waals surface area (Å²) in [6.45, 7) is 1.91. The second kappa shape index (κ2) is 11.5. The zero-order chi connectivity index (χ0) is 28.2. The molecular formula is C29H32N2O7S. The molecule has 0 radical (unpaired) electrons. The van der Waals surface area contributed by atoms with E-state index in [2.05, 4.69) is 5.32 Å². The minimum absolute atomic E-state index is 0.0235. The van der Waals surface area contributed by atoms with Crippen molar-refractivity contribution < 1.29 is 32.6 Å². The SMILES string of the molecule is CC[C@@]1(C(=O)N[C@@H](Cc2ccc(-c3c(OC)cccc3OC)cc2)C(=O)O)CCN1S(=O)(=O)c1ccccc1. The second-order valence-electron chi connectivity index (χ2n) is 9.33. The molecule has 1 aliphatic rings. The van der Waals surface area contributed by atoms with Crippen LogP contribution in [0.1, 0.15) is 25.3 Å². The quantitative estimate of drug-likeness (QED) is 0.372. The van der Waals surface area contributed by atoms with Crippen LogP contribution in [-0.4, -0.2) is 62.1 Å². The van der Waals surface area contributed by atoms with E-state index < -0.39 is 33.5 Å². The van der Waals surface area contributed by atoms with Gasteiger partial charge in [-0.2, -0.15) is 4.31 Å². The minimum Gasteiger partial charge on any atom is -0.496 e. The van der Waals surface area contributed by atoms with Crippen LogP contribution in [0.3, 0.4) is 0 Å². The first kappa shape index (κ1) is 28.1. The monoisotopic (exact) mass is 552 g/mol. The van der Waals surface area contributed by atoms with Gasteiger partial charge in [0.1, 0.15) is 23.1 Å². The Kier molecular flexibility index (Phi) is 8.27. The van der Waals surface area contributed by atoms with Crippen LogP contribution in [0.4, 0.5) is 0 Å². The number of amides is 1. The minimum atomic E-state index is -3.92. The third-order valence-electron chi connectivity index (χ3n) is 7.26. The number of hydrogen-bond donors (Lipinski definition) is 2. The standard InChI is InChI=1S/C29H32N2O7S/c1-4-29(17-18-31(29)39(35,36)22-9-6-5-7-10-22)28(34)30-23(27(32)33)19-20-13-15-21(16-14-20)26-24(37-2)11-8-12-25(26)38-3/h5-16,23H,4,17-19H2,1-3H3,(H,30,34)(H,32,33)/t23-,29-/m0/s1. The van der Waals surface area contributed by atoms with Crippen molar-refractivity contribution in [2.75, 3.05) is 20.8 Å². The van der Waals surface area contributed by atoms with E-state index in [-0.39, 0.29) is 24.3 Å². The number of hydrogen-bond acceptors (Lipinski definition) is 6. The molecule has 4 rings (SSSR count). The van der Waals surface area contributed by atoms with E-state index in [1.807, 2.05) is 30.3 Å². The van der Waals surface area contributed by atoms with Crippen LogP contribution in [0, 0.1) is 0 Å². The number of carbonyl (C=O) groups excluding carboxylic acids is 1. The van der Waals surface area contributed by atoms with Gasteiger partial charge in [-0.3, -0.25) is 4.79 Å². The van der Waals surface area contributed by atoms with Crippen molar-refractivity contribution in [3.05, 3.63) is 78.4 Å². The Labute approximate surface area is 228 Å². The molecule has 0 aromatic heterocycles. The summed E-state index contributed by atoms with van der Waals surface area (Å²) >= 11 is 0. The van der Waals surface area contributed by atoms with E-state index in [1.54, 1.807) is 51.5 Å². The summed E-state index contributed by atoms with van der Waals surface area (Å²) in [5.74, 6) is -0.545. The van der Waals surface area contributed by atoms with Crippen molar-refractivity contribution in [3.8, 4) is 22.6 Å². The summed E-state index contributed by atoms with van der Waals surface area (Å²) in [7, 11) is -0.773. The molecule has 0 bridgehead atoms. The van der Waals surface area contributed by atoms with Gasteiger partial charge < -0.3 is 19.9 Å². The molecule has 1 fully saturated rings. The highest BCUT2D eigenvalue weighted by molar-refractivity contribution is 7.89. The number of aliphatic carboxylic acids is 1. The van der Waals surface area contributed by atoms with Crippen molar-refractivity contribution in [3.63, 3.8) is 0 Å². The molecule has 1 amide bonds. The highest BCUT2D eigenvalue weighted by Gasteiger charge is 2.55. The number of carboxylic acids is 1. The first-order valence-corrected chi connectivity index (χ1v) is 14.0. The zero-order valence-corrected chi connectivity index (χ0v) is 22.9. The summed E-state index contributed by atoms with van der Waals surface area (Å²) in [6, 6.07) is 19.4. The lowest BCUT2D eigenvalue weighted by molar-refractivity contribution is -0.146. The fraction of sp³-hybridized carbons (Fsp3) is 0.310. The second-order valence-corrected chi connectivity index (χ2v) is 11.2. The maximum atomic E-state index is 13.4. The Morgan fingerprint density at radius 1 is 0.974 bits per heavy atom. The first-order valence-electron chi connectivity index (χ1n) is 12.6. The first-order chi connectivity index (χ1) is 18.7. The van der Waals surface area contributed by atoms with Crippen molar-refractivity contribution in [1.29, 1.82) is 0 Å². The maximum absolute atomic E-state index is 13.4. The van der Waals surface area contributed by atoms with Crippen LogP contribution in [0.15, 0.2) is 77.7 Å². The summed E-state index contributed by atoms with van der Waals surface area (Å²) in [4.78, 5) is 25.7. The van der Waals surface area contributed by atoms with Crippen molar-refractivity contribution in [1.82, 2.24) is 9.62 Å². The number of rotatable bonds is 11. The Balaban J connectivity index is 1.53. The third kappa shape index (κ3) is 5.35. The van der Waals surface area contributed by atoms with E-state index in [9.17, 15) is 23.1 Å². The molecule has 1 aliphatic heterocycles. The molecule has 9 nitrogen and oxygen atoms in total. The number of nitrogens with one attached hydrogen (secondary N) is 1. The lowest BCUT2D eigenvalue weighted by atomic mass is 9.83. The number of sulfonamides is 1. The zero-order valence-electron chi connectivity index (χ0n) is 22.1. The molecule has 39 heavy (non-hydrogen) atoms. The molecule has 0 saturated carbocycles. The molecular weight excluding hydrogens is 520 g/mol. The summed E-state index contributed by atoms with van der Waals surface area (Å²) in [5, 5.41) is 12.5. The molecule has 2 N–H and O–H groups in total. The van der Waals surface area contributed by atoms with Gasteiger partial charge in [0.15, 0.2) is 0 Å². The van der Waals surface area contributed by atoms with Crippen molar-refractivity contribution in [2.24, 2.45) is 0 Å². The molecule has 10 heteroatoms. The van der Waals surface area contributed by atoms with E-state index in [0.717, 1.165) is 11.1 Å². The van der Waals surface area contributed by atoms with Crippen LogP contribution in [-0.2, 0) is 26.0 Å². The van der Waals surface area contributed by atoms with Gasteiger partial charge in [-0.15, -0.1) is 0 Å². The van der Waals surface area contributed by atoms with Gasteiger partial charge in [0.2, 0.25) is 15.9 Å². The number of methoxy groups -OCH3 is 2. The highest BCUT2D eigenvalue weighted by atomic mass is 32.2. The number of nitrogens with zero attached hydrogens (tertiary/aromatic N) is 1. The largest absolute Gasteiger partial charge is 0.496 e. The van der Waals surface area contributed by atoms with Gasteiger partial charge >= 0.3 is 5.97 Å². The number of carboxylic acid groups (broad SMARTS) is 1. The van der Waals surface area contributed by atoms with Gasteiger partial charge in [-0.1, -0.05) is 55.5 Å². The lowest BCUT2D eigenvalue weighted by Gasteiger charge is -2.49. The van der Waals surface area contributed by atoms with Crippen molar-refractivity contribution in [2.45, 2.75) is 42.7 Å². The summed E-state index contributed by atoms with van der Waals surface area (Å²) in [6.07, 6.45) is 0.547. The van der Waals surface area contributed by atoms with Gasteiger partial charge in [-0.25, -0.2) is 13.2 Å². The fourth-order valence-electron chi connectivity index (χ4n) is 4.95. The molecule has 3 aromatic carbocycles. The molecule has 1 heterocycles. The van der Waals surface area contributed by atoms with Gasteiger partial charge in [0.05, 0.1) is 24.7 Å². The van der Waals surface area contributed by atoms with E-state index >= 15 is 0 Å². The predicted molar refractivity (Wildman–Crippen MR) is 146 cm³/mol. The highest BCUT2D eigenvalue weighted by Crippen LogP contribution is 2.40. The summed E-state index contributed by atoms with van der Waals surface area (Å²) in [5.41, 5.74) is 0.942. The number of ether oxygens (including phenoxy) is 2. The number of carbonyl (C=O) groups is 2. The van der Waals surface area contributed by atoms with Gasteiger partial charge in [0.25, 0.3) is 0 Å². The van der Waals surface area contributed by atoms with Crippen LogP contribution in [0.25, 0.3) is 11.1 Å². The topological polar surface area (TPSA) is 122 Å². The fourth-order valence-corrected chi connectivity index (χ4v) is 6.81. The van der Waals surface area contributed by atoms with E-state index in [4.69, 9.17) is 9.47 Å². The Hall–Kier alpha value is -3.89. The Morgan fingerprint density at radius 2 is 1.59 bits per heavy atom. The molecule has 206 valence electrons. The Bertz CT molecular complexity index is 1420. The normalized spacial score (nSPS) is 18.0. The van der Waals surface area contributed by atoms with Gasteiger partial charge in [0, 0.05) is 13.0 Å². The molecule has 2 atom stereocenters. The van der Waals surface area contributed by atoms with E-state index in [0.29, 0.717) is 23.5 Å². The average Bonchev–Trinajstić information content (AvgIpc) is 2.92. The molecule has 3 aromatic rings.